The molecule has 134 valence electrons. The average molecular weight is 352 g/mol. The molecule has 1 unspecified atom stereocenters. The summed E-state index contributed by atoms with van der Waals surface area (Å²) in [6, 6.07) is 13.7. The number of hydrogen-bond donors (Lipinski definition) is 2. The lowest BCUT2D eigenvalue weighted by Gasteiger charge is -2.20. The van der Waals surface area contributed by atoms with Gasteiger partial charge < -0.3 is 15.3 Å². The van der Waals surface area contributed by atoms with Crippen LogP contribution in [-0.4, -0.2) is 29.4 Å². The highest BCUT2D eigenvalue weighted by Crippen LogP contribution is 2.29. The zero-order valence-corrected chi connectivity index (χ0v) is 14.4. The van der Waals surface area contributed by atoms with Gasteiger partial charge in [0.05, 0.1) is 11.5 Å². The van der Waals surface area contributed by atoms with Crippen molar-refractivity contribution in [1.29, 1.82) is 0 Å². The molecule has 6 nitrogen and oxygen atoms in total. The number of anilines is 2. The van der Waals surface area contributed by atoms with E-state index < -0.39 is 11.9 Å². The van der Waals surface area contributed by atoms with Crippen molar-refractivity contribution in [2.45, 2.75) is 19.8 Å². The molecule has 6 heteroatoms. The van der Waals surface area contributed by atoms with E-state index >= 15 is 0 Å². The maximum Gasteiger partial charge on any atom is 0.335 e. The number of para-hydroxylation sites is 1. The van der Waals surface area contributed by atoms with Crippen molar-refractivity contribution < 1.29 is 19.5 Å². The topological polar surface area (TPSA) is 86.7 Å². The molecule has 1 atom stereocenters. The Hall–Kier alpha value is -3.15. The van der Waals surface area contributed by atoms with E-state index in [1.807, 2.05) is 31.2 Å². The molecule has 0 radical (unpaired) electrons. The number of nitrogens with one attached hydrogen (secondary N) is 1. The van der Waals surface area contributed by atoms with Crippen LogP contribution >= 0.6 is 0 Å². The molecule has 1 aliphatic rings. The largest absolute Gasteiger partial charge is 0.478 e. The number of nitrogens with zero attached hydrogens (tertiary/aromatic N) is 1. The van der Waals surface area contributed by atoms with Crippen LogP contribution in [0.25, 0.3) is 0 Å². The second-order valence-electron chi connectivity index (χ2n) is 6.26. The number of aromatic carboxylic acids is 1. The Labute approximate surface area is 151 Å². The minimum Gasteiger partial charge on any atom is -0.478 e. The van der Waals surface area contributed by atoms with Crippen LogP contribution in [0.1, 0.15) is 29.3 Å². The van der Waals surface area contributed by atoms with Crippen LogP contribution in [0.3, 0.4) is 0 Å². The summed E-state index contributed by atoms with van der Waals surface area (Å²) in [4.78, 5) is 37.5. The molecule has 1 saturated heterocycles. The molecule has 2 amide bonds. The van der Waals surface area contributed by atoms with Crippen LogP contribution in [0.2, 0.25) is 0 Å². The fourth-order valence-electron chi connectivity index (χ4n) is 3.13. The number of benzene rings is 2. The Balaban J connectivity index is 1.70. The fraction of sp³-hybridized carbons (Fsp3) is 0.250. The Morgan fingerprint density at radius 3 is 2.50 bits per heavy atom. The van der Waals surface area contributed by atoms with Gasteiger partial charge in [0.1, 0.15) is 0 Å². The first-order valence-electron chi connectivity index (χ1n) is 8.52. The minimum atomic E-state index is -1.02. The Morgan fingerprint density at radius 1 is 1.15 bits per heavy atom. The van der Waals surface area contributed by atoms with Gasteiger partial charge in [-0.05, 0) is 42.3 Å². The first kappa shape index (κ1) is 17.7. The monoisotopic (exact) mass is 352 g/mol. The molecule has 0 aliphatic carbocycles. The molecule has 0 aromatic heterocycles. The third-order valence-corrected chi connectivity index (χ3v) is 4.56. The normalized spacial score (nSPS) is 16.6. The van der Waals surface area contributed by atoms with Gasteiger partial charge in [0.2, 0.25) is 11.8 Å². The number of carboxylic acid groups (broad SMARTS) is 1. The van der Waals surface area contributed by atoms with E-state index in [4.69, 9.17) is 5.11 Å². The smallest absolute Gasteiger partial charge is 0.335 e. The van der Waals surface area contributed by atoms with Gasteiger partial charge in [0.15, 0.2) is 0 Å². The van der Waals surface area contributed by atoms with Gasteiger partial charge in [-0.25, -0.2) is 4.79 Å². The summed E-state index contributed by atoms with van der Waals surface area (Å²) in [5.74, 6) is -1.76. The molecular weight excluding hydrogens is 332 g/mol. The first-order chi connectivity index (χ1) is 12.5. The average Bonchev–Trinajstić information content (AvgIpc) is 3.04. The predicted octanol–water partition coefficient (Wildman–Crippen LogP) is 2.94. The summed E-state index contributed by atoms with van der Waals surface area (Å²) in [6.45, 7) is 2.37. The molecule has 2 N–H and O–H groups in total. The molecule has 0 spiro atoms. The Kier molecular flexibility index (Phi) is 5.02. The van der Waals surface area contributed by atoms with Gasteiger partial charge in [0.25, 0.3) is 0 Å². The molecular formula is C20H20N2O4. The number of carbonyl (C=O) groups excluding carboxylic acids is 2. The van der Waals surface area contributed by atoms with Gasteiger partial charge >= 0.3 is 5.97 Å². The van der Waals surface area contributed by atoms with Gasteiger partial charge in [-0.3, -0.25) is 9.59 Å². The lowest BCUT2D eigenvalue weighted by Crippen LogP contribution is -2.28. The van der Waals surface area contributed by atoms with Crippen LogP contribution in [0.4, 0.5) is 11.4 Å². The van der Waals surface area contributed by atoms with Crippen molar-refractivity contribution in [2.75, 3.05) is 16.8 Å². The summed E-state index contributed by atoms with van der Waals surface area (Å²) in [5, 5.41) is 11.7. The van der Waals surface area contributed by atoms with Crippen molar-refractivity contribution in [2.24, 2.45) is 5.92 Å². The van der Waals surface area contributed by atoms with Crippen molar-refractivity contribution in [3.05, 3.63) is 59.7 Å². The third kappa shape index (κ3) is 3.59. The van der Waals surface area contributed by atoms with Gasteiger partial charge in [-0.15, -0.1) is 0 Å². The fourth-order valence-corrected chi connectivity index (χ4v) is 3.13. The standard InChI is InChI=1S/C20H20N2O4/c1-2-13-5-3-4-6-17(13)22-12-15(11-18(22)23)19(24)21-16-9-7-14(8-10-16)20(25)26/h3-10,15H,2,11-12H2,1H3,(H,21,24)(H,25,26). The lowest BCUT2D eigenvalue weighted by molar-refractivity contribution is -0.122. The van der Waals surface area contributed by atoms with Crippen LogP contribution in [-0.2, 0) is 16.0 Å². The van der Waals surface area contributed by atoms with Crippen molar-refractivity contribution in [3.63, 3.8) is 0 Å². The maximum atomic E-state index is 12.5. The number of aryl methyl sites for hydroxylation is 1. The van der Waals surface area contributed by atoms with E-state index in [-0.39, 0.29) is 23.8 Å². The summed E-state index contributed by atoms with van der Waals surface area (Å²) in [6.07, 6.45) is 0.976. The molecule has 26 heavy (non-hydrogen) atoms. The third-order valence-electron chi connectivity index (χ3n) is 4.56. The number of rotatable bonds is 5. The van der Waals surface area contributed by atoms with Crippen LogP contribution in [0.15, 0.2) is 48.5 Å². The lowest BCUT2D eigenvalue weighted by atomic mass is 10.1. The van der Waals surface area contributed by atoms with Crippen LogP contribution < -0.4 is 10.2 Å². The second kappa shape index (κ2) is 7.39. The number of carbonyl (C=O) groups is 3. The van der Waals surface area contributed by atoms with Crippen molar-refractivity contribution >= 4 is 29.2 Å². The molecule has 3 rings (SSSR count). The molecule has 1 aliphatic heterocycles. The highest BCUT2D eigenvalue weighted by Gasteiger charge is 2.35. The van der Waals surface area contributed by atoms with Gasteiger partial charge in [-0.1, -0.05) is 25.1 Å². The number of carboxylic acids is 1. The number of amides is 2. The van der Waals surface area contributed by atoms with E-state index in [0.717, 1.165) is 17.7 Å². The SMILES string of the molecule is CCc1ccccc1N1CC(C(=O)Nc2ccc(C(=O)O)cc2)CC1=O. The Morgan fingerprint density at radius 2 is 1.85 bits per heavy atom. The molecule has 2 aromatic carbocycles. The predicted molar refractivity (Wildman–Crippen MR) is 98.3 cm³/mol. The molecule has 1 heterocycles. The van der Waals surface area contributed by atoms with Crippen molar-refractivity contribution in [1.82, 2.24) is 0 Å². The first-order valence-corrected chi connectivity index (χ1v) is 8.52. The van der Waals surface area contributed by atoms with Gasteiger partial charge in [-0.2, -0.15) is 0 Å². The summed E-state index contributed by atoms with van der Waals surface area (Å²) < 4.78 is 0. The highest BCUT2D eigenvalue weighted by molar-refractivity contribution is 6.04. The van der Waals surface area contributed by atoms with Crippen molar-refractivity contribution in [3.8, 4) is 0 Å². The van der Waals surface area contributed by atoms with Gasteiger partial charge in [0, 0.05) is 24.3 Å². The quantitative estimate of drug-likeness (QED) is 0.866. The van der Waals surface area contributed by atoms with Crippen LogP contribution in [0.5, 0.6) is 0 Å². The van der Waals surface area contributed by atoms with E-state index in [1.165, 1.54) is 12.1 Å². The second-order valence-corrected chi connectivity index (χ2v) is 6.26. The summed E-state index contributed by atoms with van der Waals surface area (Å²) >= 11 is 0. The molecule has 2 aromatic rings. The molecule has 0 saturated carbocycles. The van der Waals surface area contributed by atoms with E-state index in [0.29, 0.717) is 12.2 Å². The summed E-state index contributed by atoms with van der Waals surface area (Å²) in [7, 11) is 0. The zero-order valence-electron chi connectivity index (χ0n) is 14.4. The van der Waals surface area contributed by atoms with E-state index in [9.17, 15) is 14.4 Å². The maximum absolute atomic E-state index is 12.5. The van der Waals surface area contributed by atoms with E-state index in [2.05, 4.69) is 5.32 Å². The minimum absolute atomic E-state index is 0.0627. The number of hydrogen-bond acceptors (Lipinski definition) is 3. The zero-order chi connectivity index (χ0) is 18.7. The van der Waals surface area contributed by atoms with Crippen LogP contribution in [0, 0.1) is 5.92 Å². The summed E-state index contributed by atoms with van der Waals surface area (Å²) in [5.41, 5.74) is 2.61. The molecule has 0 bridgehead atoms. The van der Waals surface area contributed by atoms with E-state index in [1.54, 1.807) is 17.0 Å². The Bertz CT molecular complexity index is 845. The highest BCUT2D eigenvalue weighted by atomic mass is 16.4. The molecule has 1 fully saturated rings.